The largest absolute Gasteiger partial charge is 2.00 e. The Morgan fingerprint density at radius 2 is 1.32 bits per heavy atom. The van der Waals surface area contributed by atoms with Crippen LogP contribution in [-0.4, -0.2) is 0 Å². The number of anilines is 1. The van der Waals surface area contributed by atoms with Gasteiger partial charge < -0.3 is 22.6 Å². The van der Waals surface area contributed by atoms with E-state index in [0.717, 1.165) is 0 Å². The first-order valence-electron chi connectivity index (χ1n) is 8.44. The van der Waals surface area contributed by atoms with Crippen molar-refractivity contribution in [2.75, 3.05) is 4.90 Å². The van der Waals surface area contributed by atoms with E-state index < -0.39 is 23.5 Å². The van der Waals surface area contributed by atoms with Gasteiger partial charge in [-0.2, -0.15) is 44.5 Å². The summed E-state index contributed by atoms with van der Waals surface area (Å²) in [5, 5.41) is 2.82. The smallest absolute Gasteiger partial charge is 1.00 e. The summed E-state index contributed by atoms with van der Waals surface area (Å²) < 4.78 is 77.8. The minimum Gasteiger partial charge on any atom is -1.00 e. The van der Waals surface area contributed by atoms with Crippen LogP contribution >= 0.6 is 0 Å². The maximum absolute atomic E-state index is 13.0. The second-order valence-electron chi connectivity index (χ2n) is 6.08. The number of nitrogens with zero attached hydrogens (tertiary/aromatic N) is 1. The fourth-order valence-corrected chi connectivity index (χ4v) is 2.70. The molecular weight excluding hydrogens is 486 g/mol. The second-order valence-corrected chi connectivity index (χ2v) is 6.08. The van der Waals surface area contributed by atoms with Crippen molar-refractivity contribution >= 4 is 5.69 Å². The normalized spacial score (nSPS) is 14.6. The molecule has 31 heavy (non-hydrogen) atoms. The third-order valence-electron chi connectivity index (χ3n) is 4.03. The number of alkyl halides is 6. The molecular formula is C21H15ClF6FeN2. The molecule has 2 aliphatic rings. The first-order valence-corrected chi connectivity index (χ1v) is 8.44. The minimum atomic E-state index is -4.88. The van der Waals surface area contributed by atoms with Crippen molar-refractivity contribution in [3.05, 3.63) is 108 Å². The topological polar surface area (TPSA) is 15.3 Å². The van der Waals surface area contributed by atoms with Crippen molar-refractivity contribution < 1.29 is 55.8 Å². The van der Waals surface area contributed by atoms with E-state index in [4.69, 9.17) is 0 Å². The number of allylic oxidation sites excluding steroid dienone is 5. The molecule has 1 heterocycles. The molecule has 2 aromatic rings. The summed E-state index contributed by atoms with van der Waals surface area (Å²) in [5.41, 5.74) is -2.29. The Bertz CT molecular complexity index is 909. The summed E-state index contributed by atoms with van der Waals surface area (Å²) in [6.07, 6.45) is -0.128. The second kappa shape index (κ2) is 10.7. The number of hydrogen-bond acceptors (Lipinski definition) is 2. The average Bonchev–Trinajstić information content (AvgIpc) is 3.43. The van der Waals surface area contributed by atoms with Gasteiger partial charge in [0.05, 0.1) is 11.1 Å². The molecule has 0 unspecified atom stereocenters. The fraction of sp³-hybridized carbons (Fsp3) is 0.0952. The van der Waals surface area contributed by atoms with Crippen LogP contribution in [0.5, 0.6) is 0 Å². The van der Waals surface area contributed by atoms with Gasteiger partial charge in [-0.05, 0) is 18.2 Å². The van der Waals surface area contributed by atoms with E-state index in [9.17, 15) is 26.3 Å². The summed E-state index contributed by atoms with van der Waals surface area (Å²) in [5.74, 6) is 0.382. The van der Waals surface area contributed by atoms with Crippen molar-refractivity contribution in [2.45, 2.75) is 12.4 Å². The zero-order chi connectivity index (χ0) is 21.1. The van der Waals surface area contributed by atoms with E-state index in [2.05, 4.69) is 5.32 Å². The number of benzene rings is 1. The molecule has 0 radical (unpaired) electrons. The number of rotatable bonds is 1. The molecule has 0 saturated carbocycles. The Hall–Kier alpha value is -2.48. The third kappa shape index (κ3) is 6.75. The molecule has 2 nitrogen and oxygen atoms in total. The van der Waals surface area contributed by atoms with Crippen molar-refractivity contribution in [3.8, 4) is 0 Å². The van der Waals surface area contributed by atoms with E-state index in [1.807, 2.05) is 30.3 Å². The fourth-order valence-electron chi connectivity index (χ4n) is 2.70. The summed E-state index contributed by atoms with van der Waals surface area (Å²) in [7, 11) is 0. The Balaban J connectivity index is 0.000000606. The molecule has 0 saturated heterocycles. The molecule has 1 aliphatic heterocycles. The van der Waals surface area contributed by atoms with Crippen LogP contribution in [0.15, 0.2) is 96.6 Å². The summed E-state index contributed by atoms with van der Waals surface area (Å²) in [6.45, 7) is 0. The summed E-state index contributed by atoms with van der Waals surface area (Å²) in [4.78, 5) is 1.25. The van der Waals surface area contributed by atoms with Gasteiger partial charge in [-0.25, -0.2) is 12.1 Å². The van der Waals surface area contributed by atoms with Crippen molar-refractivity contribution in [2.24, 2.45) is 0 Å². The van der Waals surface area contributed by atoms with Crippen molar-refractivity contribution in [1.82, 2.24) is 5.32 Å². The molecule has 10 heteroatoms. The Morgan fingerprint density at radius 1 is 0.806 bits per heavy atom. The van der Waals surface area contributed by atoms with E-state index >= 15 is 0 Å². The molecule has 4 rings (SSSR count). The van der Waals surface area contributed by atoms with E-state index in [-0.39, 0.29) is 41.2 Å². The molecule has 0 atom stereocenters. The monoisotopic (exact) mass is 500 g/mol. The standard InChI is InChI=1S/C16H10F6N2.C5H5.ClH.Fe/c17-15(18,19)11-7-12(16(20,21)22)9-13(8-11)24-6-5-23-14(24)10-3-1-2-4-10;1-2-4-5-3-1;;/h1-9,23H;1-5H;1H;/q;-1;;+2/p-1. The van der Waals surface area contributed by atoms with Crippen LogP contribution < -0.4 is 22.6 Å². The summed E-state index contributed by atoms with van der Waals surface area (Å²) >= 11 is 0. The van der Waals surface area contributed by atoms with Crippen LogP contribution in [0, 0.1) is 0 Å². The first kappa shape index (κ1) is 26.6. The maximum atomic E-state index is 13.0. The Kier molecular flexibility index (Phi) is 9.17. The zero-order valence-electron chi connectivity index (χ0n) is 15.5. The molecule has 166 valence electrons. The average molecular weight is 501 g/mol. The van der Waals surface area contributed by atoms with E-state index in [0.29, 0.717) is 23.5 Å². The van der Waals surface area contributed by atoms with Gasteiger partial charge in [-0.1, -0.05) is 24.3 Å². The van der Waals surface area contributed by atoms with Crippen LogP contribution in [0.2, 0.25) is 0 Å². The predicted molar refractivity (Wildman–Crippen MR) is 98.5 cm³/mol. The van der Waals surface area contributed by atoms with Gasteiger partial charge in [-0.3, -0.25) is 0 Å². The zero-order valence-corrected chi connectivity index (χ0v) is 17.4. The molecule has 0 spiro atoms. The SMILES string of the molecule is FC(F)(F)c1cc(N2C=CNC2=C2C=CC=C2)cc(C(F)(F)F)c1.[Cl-].[Fe+2].c1cc[cH-]c1. The van der Waals surface area contributed by atoms with Crippen molar-refractivity contribution in [1.29, 1.82) is 0 Å². The van der Waals surface area contributed by atoms with Crippen LogP contribution in [0.3, 0.4) is 0 Å². The minimum absolute atomic E-state index is 0. The molecule has 0 fully saturated rings. The van der Waals surface area contributed by atoms with Gasteiger partial charge >= 0.3 is 29.4 Å². The van der Waals surface area contributed by atoms with E-state index in [1.165, 1.54) is 17.3 Å². The van der Waals surface area contributed by atoms with Gasteiger partial charge in [0.25, 0.3) is 0 Å². The van der Waals surface area contributed by atoms with Crippen LogP contribution in [0.1, 0.15) is 11.1 Å². The molecule has 1 N–H and O–H groups in total. The molecule has 0 bridgehead atoms. The number of hydrogen-bond donors (Lipinski definition) is 1. The third-order valence-corrected chi connectivity index (χ3v) is 4.03. The molecule has 0 amide bonds. The van der Waals surface area contributed by atoms with Gasteiger partial charge in [0.15, 0.2) is 0 Å². The van der Waals surface area contributed by atoms with Crippen LogP contribution in [0.25, 0.3) is 0 Å². The molecule has 0 aromatic heterocycles. The van der Waals surface area contributed by atoms with E-state index in [1.54, 1.807) is 24.3 Å². The maximum Gasteiger partial charge on any atom is 2.00 e. The number of nitrogens with one attached hydrogen (secondary N) is 1. The van der Waals surface area contributed by atoms with Gasteiger partial charge in [0.1, 0.15) is 5.82 Å². The quantitative estimate of drug-likeness (QED) is 0.367. The Labute approximate surface area is 191 Å². The first-order chi connectivity index (χ1) is 13.7. The Morgan fingerprint density at radius 3 is 1.74 bits per heavy atom. The van der Waals surface area contributed by atoms with Gasteiger partial charge in [0, 0.05) is 23.7 Å². The van der Waals surface area contributed by atoms with Crippen LogP contribution in [-0.2, 0) is 29.4 Å². The van der Waals surface area contributed by atoms with Gasteiger partial charge in [0.2, 0.25) is 0 Å². The summed E-state index contributed by atoms with van der Waals surface area (Å²) in [6, 6.07) is 11.5. The molecule has 1 aliphatic carbocycles. The predicted octanol–water partition coefficient (Wildman–Crippen LogP) is 3.35. The number of halogens is 7. The van der Waals surface area contributed by atoms with Gasteiger partial charge in [-0.15, -0.1) is 0 Å². The van der Waals surface area contributed by atoms with Crippen LogP contribution in [0.4, 0.5) is 32.0 Å². The van der Waals surface area contributed by atoms with Crippen molar-refractivity contribution in [3.63, 3.8) is 0 Å². The molecule has 2 aromatic carbocycles.